The number of rotatable bonds is 2. The van der Waals surface area contributed by atoms with Gasteiger partial charge in [-0.2, -0.15) is 10.2 Å². The summed E-state index contributed by atoms with van der Waals surface area (Å²) in [4.78, 5) is 10.7. The molecule has 8 heteroatoms. The Morgan fingerprint density at radius 2 is 2.00 bits per heavy atom. The number of hydrogen-bond acceptors (Lipinski definition) is 6. The standard InChI is InChI=1S/C17H14ClN7/c1-3-13-16-23-22-10(2)24(16)14-9-20-17(18)21-15(14)25(13)12-6-4-11(8-19)5-7-12/h4-7,9,13H,3H2,1-2H3. The first-order valence-corrected chi connectivity index (χ1v) is 8.26. The Bertz CT molecular complexity index is 987. The van der Waals surface area contributed by atoms with Crippen LogP contribution in [0.25, 0.3) is 5.69 Å². The lowest BCUT2D eigenvalue weighted by molar-refractivity contribution is 0.587. The van der Waals surface area contributed by atoms with Crippen molar-refractivity contribution in [3.05, 3.63) is 53.0 Å². The van der Waals surface area contributed by atoms with Crippen LogP contribution in [0, 0.1) is 18.3 Å². The molecule has 3 aromatic rings. The summed E-state index contributed by atoms with van der Waals surface area (Å²) < 4.78 is 1.97. The van der Waals surface area contributed by atoms with Crippen LogP contribution in [0.5, 0.6) is 0 Å². The van der Waals surface area contributed by atoms with E-state index in [1.807, 2.05) is 23.6 Å². The predicted octanol–water partition coefficient (Wildman–Crippen LogP) is 3.49. The van der Waals surface area contributed by atoms with Gasteiger partial charge in [-0.15, -0.1) is 10.2 Å². The third kappa shape index (κ3) is 2.34. The summed E-state index contributed by atoms with van der Waals surface area (Å²) in [5.74, 6) is 2.31. The second kappa shape index (κ2) is 5.83. The van der Waals surface area contributed by atoms with Crippen LogP contribution in [-0.2, 0) is 0 Å². The minimum atomic E-state index is -0.0485. The number of fused-ring (bicyclic) bond motifs is 3. The molecule has 0 bridgehead atoms. The quantitative estimate of drug-likeness (QED) is 0.657. The van der Waals surface area contributed by atoms with Crippen molar-refractivity contribution < 1.29 is 0 Å². The van der Waals surface area contributed by atoms with Crippen LogP contribution >= 0.6 is 11.6 Å². The number of aryl methyl sites for hydroxylation is 1. The Labute approximate surface area is 149 Å². The van der Waals surface area contributed by atoms with Gasteiger partial charge in [0.25, 0.3) is 0 Å². The lowest BCUT2D eigenvalue weighted by atomic mass is 10.1. The molecule has 1 unspecified atom stereocenters. The summed E-state index contributed by atoms with van der Waals surface area (Å²) in [6.45, 7) is 3.99. The van der Waals surface area contributed by atoms with Gasteiger partial charge in [0.15, 0.2) is 11.6 Å². The van der Waals surface area contributed by atoms with Crippen LogP contribution in [0.2, 0.25) is 5.28 Å². The number of anilines is 2. The van der Waals surface area contributed by atoms with Crippen LogP contribution in [0.15, 0.2) is 30.5 Å². The number of aromatic nitrogens is 5. The summed E-state index contributed by atoms with van der Waals surface area (Å²) in [7, 11) is 0. The van der Waals surface area contributed by atoms with E-state index in [1.165, 1.54) is 0 Å². The summed E-state index contributed by atoms with van der Waals surface area (Å²) in [5, 5.41) is 17.8. The van der Waals surface area contributed by atoms with E-state index in [2.05, 4.69) is 38.1 Å². The Balaban J connectivity index is 1.97. The highest BCUT2D eigenvalue weighted by Crippen LogP contribution is 2.43. The van der Waals surface area contributed by atoms with Crippen molar-refractivity contribution in [1.29, 1.82) is 5.26 Å². The molecule has 25 heavy (non-hydrogen) atoms. The van der Waals surface area contributed by atoms with Crippen molar-refractivity contribution in [2.45, 2.75) is 26.3 Å². The fourth-order valence-corrected chi connectivity index (χ4v) is 3.33. The molecule has 0 radical (unpaired) electrons. The van der Waals surface area contributed by atoms with E-state index in [4.69, 9.17) is 16.9 Å². The molecule has 2 aromatic heterocycles. The number of hydrogen-bond donors (Lipinski definition) is 0. The average Bonchev–Trinajstić information content (AvgIpc) is 3.02. The van der Waals surface area contributed by atoms with Crippen molar-refractivity contribution in [2.24, 2.45) is 0 Å². The molecule has 1 aliphatic heterocycles. The molecule has 3 heterocycles. The molecule has 0 fully saturated rings. The molecular formula is C17H14ClN7. The highest BCUT2D eigenvalue weighted by molar-refractivity contribution is 6.28. The summed E-state index contributed by atoms with van der Waals surface area (Å²) in [5.41, 5.74) is 2.30. The summed E-state index contributed by atoms with van der Waals surface area (Å²) >= 11 is 6.08. The van der Waals surface area contributed by atoms with E-state index in [0.717, 1.165) is 29.4 Å². The third-order valence-electron chi connectivity index (χ3n) is 4.31. The zero-order valence-corrected chi connectivity index (χ0v) is 14.4. The third-order valence-corrected chi connectivity index (χ3v) is 4.49. The minimum absolute atomic E-state index is 0.0485. The summed E-state index contributed by atoms with van der Waals surface area (Å²) in [6, 6.07) is 9.47. The molecular weight excluding hydrogens is 338 g/mol. The Morgan fingerprint density at radius 1 is 1.24 bits per heavy atom. The fourth-order valence-electron chi connectivity index (χ4n) is 3.20. The zero-order chi connectivity index (χ0) is 17.6. The topological polar surface area (TPSA) is 83.5 Å². The van der Waals surface area contributed by atoms with Crippen molar-refractivity contribution in [3.63, 3.8) is 0 Å². The number of halogens is 1. The Kier molecular flexibility index (Phi) is 3.62. The van der Waals surface area contributed by atoms with Crippen LogP contribution in [0.3, 0.4) is 0 Å². The van der Waals surface area contributed by atoms with E-state index < -0.39 is 0 Å². The van der Waals surface area contributed by atoms with Crippen LogP contribution in [-0.4, -0.2) is 24.7 Å². The van der Waals surface area contributed by atoms with Gasteiger partial charge in [-0.3, -0.25) is 4.57 Å². The van der Waals surface area contributed by atoms with Gasteiger partial charge < -0.3 is 4.90 Å². The maximum absolute atomic E-state index is 9.04. The first kappa shape index (κ1) is 15.5. The highest BCUT2D eigenvalue weighted by Gasteiger charge is 2.35. The second-order valence-corrected chi connectivity index (χ2v) is 6.08. The van der Waals surface area contributed by atoms with Crippen molar-refractivity contribution in [1.82, 2.24) is 24.7 Å². The van der Waals surface area contributed by atoms with Gasteiger partial charge in [0.2, 0.25) is 5.28 Å². The monoisotopic (exact) mass is 351 g/mol. The number of nitriles is 1. The predicted molar refractivity (Wildman–Crippen MR) is 93.0 cm³/mol. The van der Waals surface area contributed by atoms with E-state index in [0.29, 0.717) is 11.4 Å². The number of nitrogens with zero attached hydrogens (tertiary/aromatic N) is 7. The molecule has 124 valence electrons. The van der Waals surface area contributed by atoms with Crippen molar-refractivity contribution >= 4 is 23.1 Å². The molecule has 0 amide bonds. The van der Waals surface area contributed by atoms with Crippen molar-refractivity contribution in [2.75, 3.05) is 4.90 Å². The SMILES string of the molecule is CCC1c2nnc(C)n2-c2cnc(Cl)nc2N1c1ccc(C#N)cc1. The minimum Gasteiger partial charge on any atom is -0.314 e. The van der Waals surface area contributed by atoms with E-state index in [9.17, 15) is 0 Å². The normalized spacial score (nSPS) is 15.4. The van der Waals surface area contributed by atoms with Crippen LogP contribution in [0.1, 0.15) is 36.6 Å². The lowest BCUT2D eigenvalue weighted by Gasteiger charge is -2.37. The van der Waals surface area contributed by atoms with Gasteiger partial charge >= 0.3 is 0 Å². The van der Waals surface area contributed by atoms with Crippen molar-refractivity contribution in [3.8, 4) is 11.8 Å². The smallest absolute Gasteiger partial charge is 0.224 e. The van der Waals surface area contributed by atoms with Crippen LogP contribution in [0.4, 0.5) is 11.5 Å². The molecule has 0 spiro atoms. The Morgan fingerprint density at radius 3 is 2.68 bits per heavy atom. The molecule has 1 aliphatic rings. The van der Waals surface area contributed by atoms with Gasteiger partial charge in [-0.1, -0.05) is 6.92 Å². The van der Waals surface area contributed by atoms with Gasteiger partial charge in [0, 0.05) is 5.69 Å². The lowest BCUT2D eigenvalue weighted by Crippen LogP contribution is -2.32. The summed E-state index contributed by atoms with van der Waals surface area (Å²) in [6.07, 6.45) is 2.49. The van der Waals surface area contributed by atoms with E-state index in [-0.39, 0.29) is 11.3 Å². The van der Waals surface area contributed by atoms with Gasteiger partial charge in [0.1, 0.15) is 11.5 Å². The van der Waals surface area contributed by atoms with Crippen LogP contribution < -0.4 is 4.90 Å². The maximum atomic E-state index is 9.04. The molecule has 1 atom stereocenters. The molecule has 0 aliphatic carbocycles. The molecule has 7 nitrogen and oxygen atoms in total. The first-order chi connectivity index (χ1) is 12.1. The van der Waals surface area contributed by atoms with E-state index in [1.54, 1.807) is 18.3 Å². The Hall–Kier alpha value is -2.98. The van der Waals surface area contributed by atoms with Gasteiger partial charge in [0.05, 0.1) is 23.9 Å². The van der Waals surface area contributed by atoms with E-state index >= 15 is 0 Å². The second-order valence-electron chi connectivity index (χ2n) is 5.74. The zero-order valence-electron chi connectivity index (χ0n) is 13.7. The molecule has 0 saturated carbocycles. The molecule has 4 rings (SSSR count). The van der Waals surface area contributed by atoms with Gasteiger partial charge in [-0.25, -0.2) is 4.98 Å². The highest BCUT2D eigenvalue weighted by atomic mass is 35.5. The largest absolute Gasteiger partial charge is 0.314 e. The number of benzene rings is 1. The molecule has 0 N–H and O–H groups in total. The average molecular weight is 352 g/mol. The fraction of sp³-hybridized carbons (Fsp3) is 0.235. The molecule has 0 saturated heterocycles. The van der Waals surface area contributed by atoms with Gasteiger partial charge in [-0.05, 0) is 49.2 Å². The maximum Gasteiger partial charge on any atom is 0.224 e. The molecule has 1 aromatic carbocycles. The first-order valence-electron chi connectivity index (χ1n) is 7.88.